The minimum absolute atomic E-state index is 0.00671. The first kappa shape index (κ1) is 10.8. The number of nitrogens with zero attached hydrogens (tertiary/aromatic N) is 1. The number of halogens is 3. The summed E-state index contributed by atoms with van der Waals surface area (Å²) in [4.78, 5) is 12.9. The Bertz CT molecular complexity index is 400. The number of benzene rings is 1. The van der Waals surface area contributed by atoms with E-state index >= 15 is 0 Å². The first-order valence-corrected chi connectivity index (χ1v) is 4.08. The highest BCUT2D eigenvalue weighted by atomic mass is 35.5. The van der Waals surface area contributed by atoms with Crippen molar-refractivity contribution < 1.29 is 13.6 Å². The maximum atomic E-state index is 13.5. The summed E-state index contributed by atoms with van der Waals surface area (Å²) in [6.07, 6.45) is 1.10. The van der Waals surface area contributed by atoms with Gasteiger partial charge >= 0.3 is 0 Å². The molecule has 0 spiro atoms. The average molecular weight is 218 g/mol. The van der Waals surface area contributed by atoms with E-state index in [-0.39, 0.29) is 10.6 Å². The summed E-state index contributed by atoms with van der Waals surface area (Å²) < 4.78 is 26.2. The second-order valence-corrected chi connectivity index (χ2v) is 3.19. The van der Waals surface area contributed by atoms with E-state index in [2.05, 4.69) is 4.99 Å². The maximum absolute atomic E-state index is 13.5. The molecular weight excluding hydrogens is 212 g/mol. The molecule has 0 amide bonds. The van der Waals surface area contributed by atoms with Crippen LogP contribution in [0.4, 0.5) is 8.78 Å². The Balaban J connectivity index is 3.20. The van der Waals surface area contributed by atoms with Gasteiger partial charge in [0.1, 0.15) is 5.82 Å². The van der Waals surface area contributed by atoms with Gasteiger partial charge < -0.3 is 0 Å². The zero-order valence-corrected chi connectivity index (χ0v) is 7.98. The van der Waals surface area contributed by atoms with E-state index in [1.165, 1.54) is 6.07 Å². The van der Waals surface area contributed by atoms with Crippen LogP contribution in [0.1, 0.15) is 12.5 Å². The molecule has 1 atom stereocenters. The monoisotopic (exact) mass is 217 g/mol. The Kier molecular flexibility index (Phi) is 2.99. The minimum atomic E-state index is -2.22. The van der Waals surface area contributed by atoms with Gasteiger partial charge in [-0.15, -0.1) is 0 Å². The highest BCUT2D eigenvalue weighted by Crippen LogP contribution is 2.29. The van der Waals surface area contributed by atoms with Gasteiger partial charge in [-0.1, -0.05) is 17.7 Å². The molecule has 1 aromatic rings. The summed E-state index contributed by atoms with van der Waals surface area (Å²) in [7, 11) is 0. The molecule has 14 heavy (non-hydrogen) atoms. The van der Waals surface area contributed by atoms with Crippen LogP contribution in [0.25, 0.3) is 0 Å². The maximum Gasteiger partial charge on any atom is 0.238 e. The Morgan fingerprint density at radius 2 is 2.21 bits per heavy atom. The Labute approximate surface area is 84.2 Å². The van der Waals surface area contributed by atoms with Crippen molar-refractivity contribution in [3.63, 3.8) is 0 Å². The number of aliphatic imine (C=N–C) groups is 1. The van der Waals surface area contributed by atoms with Gasteiger partial charge in [0.05, 0.1) is 5.02 Å². The molecule has 0 radical (unpaired) electrons. The molecular formula is C9H6ClF2NO. The number of hydrogen-bond acceptors (Lipinski definition) is 2. The zero-order valence-electron chi connectivity index (χ0n) is 7.22. The van der Waals surface area contributed by atoms with E-state index in [1.54, 1.807) is 0 Å². The first-order valence-electron chi connectivity index (χ1n) is 3.71. The fraction of sp³-hybridized carbons (Fsp3) is 0.222. The molecule has 0 saturated carbocycles. The van der Waals surface area contributed by atoms with Crippen molar-refractivity contribution in [1.29, 1.82) is 0 Å². The lowest BCUT2D eigenvalue weighted by molar-refractivity contribution is 0.206. The molecule has 0 saturated heterocycles. The van der Waals surface area contributed by atoms with Crippen LogP contribution in [0.5, 0.6) is 0 Å². The van der Waals surface area contributed by atoms with Crippen LogP contribution in [-0.2, 0) is 10.6 Å². The van der Waals surface area contributed by atoms with Crippen molar-refractivity contribution in [2.24, 2.45) is 4.99 Å². The molecule has 0 aliphatic rings. The second-order valence-electron chi connectivity index (χ2n) is 2.79. The molecule has 1 unspecified atom stereocenters. The summed E-state index contributed by atoms with van der Waals surface area (Å²) in [6.45, 7) is 1.06. The van der Waals surface area contributed by atoms with Crippen molar-refractivity contribution in [3.8, 4) is 0 Å². The zero-order chi connectivity index (χ0) is 10.8. The average Bonchev–Trinajstić information content (AvgIpc) is 2.09. The highest BCUT2D eigenvalue weighted by molar-refractivity contribution is 6.30. The van der Waals surface area contributed by atoms with Gasteiger partial charge in [0.25, 0.3) is 0 Å². The van der Waals surface area contributed by atoms with Crippen molar-refractivity contribution in [2.75, 3.05) is 0 Å². The van der Waals surface area contributed by atoms with Crippen molar-refractivity contribution in [3.05, 3.63) is 34.6 Å². The Morgan fingerprint density at radius 1 is 1.57 bits per heavy atom. The van der Waals surface area contributed by atoms with E-state index in [1.807, 2.05) is 0 Å². The van der Waals surface area contributed by atoms with Gasteiger partial charge in [-0.25, -0.2) is 13.6 Å². The number of alkyl halides is 1. The molecule has 0 N–H and O–H groups in total. The van der Waals surface area contributed by atoms with Crippen LogP contribution in [-0.4, -0.2) is 6.08 Å². The molecule has 1 aromatic carbocycles. The third-order valence-electron chi connectivity index (χ3n) is 1.70. The normalized spacial score (nSPS) is 14.3. The van der Waals surface area contributed by atoms with E-state index in [9.17, 15) is 13.6 Å². The summed E-state index contributed by atoms with van der Waals surface area (Å²) in [5.74, 6) is -2.87. The van der Waals surface area contributed by atoms with Crippen LogP contribution in [0.3, 0.4) is 0 Å². The third kappa shape index (κ3) is 2.16. The number of isocyanates is 1. The lowest BCUT2D eigenvalue weighted by atomic mass is 10.1. The second kappa shape index (κ2) is 3.86. The highest BCUT2D eigenvalue weighted by Gasteiger charge is 2.25. The SMILES string of the molecule is CC(F)(N=C=O)c1ccc(F)c(Cl)c1. The molecule has 0 bridgehead atoms. The van der Waals surface area contributed by atoms with Gasteiger partial charge in [0, 0.05) is 5.56 Å². The fourth-order valence-corrected chi connectivity index (χ4v) is 1.11. The van der Waals surface area contributed by atoms with Gasteiger partial charge in [-0.2, -0.15) is 4.99 Å². The minimum Gasteiger partial charge on any atom is -0.212 e. The number of rotatable bonds is 2. The summed E-state index contributed by atoms with van der Waals surface area (Å²) in [6, 6.07) is 3.26. The van der Waals surface area contributed by atoms with Crippen LogP contribution < -0.4 is 0 Å². The summed E-state index contributed by atoms with van der Waals surface area (Å²) in [5.41, 5.74) is 0.00671. The topological polar surface area (TPSA) is 29.4 Å². The molecule has 74 valence electrons. The molecule has 0 heterocycles. The van der Waals surface area contributed by atoms with Crippen LogP contribution >= 0.6 is 11.6 Å². The van der Waals surface area contributed by atoms with Crippen molar-refractivity contribution in [1.82, 2.24) is 0 Å². The lowest BCUT2D eigenvalue weighted by Crippen LogP contribution is -2.11. The summed E-state index contributed by atoms with van der Waals surface area (Å²) >= 11 is 5.44. The predicted octanol–water partition coefficient (Wildman–Crippen LogP) is 2.96. The van der Waals surface area contributed by atoms with Gasteiger partial charge in [0.15, 0.2) is 0 Å². The van der Waals surface area contributed by atoms with E-state index in [4.69, 9.17) is 11.6 Å². The van der Waals surface area contributed by atoms with Crippen molar-refractivity contribution in [2.45, 2.75) is 12.7 Å². The number of carbonyl (C=O) groups excluding carboxylic acids is 1. The molecule has 0 fully saturated rings. The standard InChI is InChI=1S/C9H6ClF2NO/c1-9(12,13-5-14)6-2-3-8(11)7(10)4-6/h2-4H,1H3. The Morgan fingerprint density at radius 3 is 2.71 bits per heavy atom. The lowest BCUT2D eigenvalue weighted by Gasteiger charge is -2.13. The summed E-state index contributed by atoms with van der Waals surface area (Å²) in [5, 5.41) is -0.215. The quantitative estimate of drug-likeness (QED) is 0.425. The molecule has 5 heteroatoms. The van der Waals surface area contributed by atoms with Gasteiger partial charge in [-0.3, -0.25) is 0 Å². The fourth-order valence-electron chi connectivity index (χ4n) is 0.930. The van der Waals surface area contributed by atoms with Gasteiger partial charge in [-0.05, 0) is 19.1 Å². The van der Waals surface area contributed by atoms with Crippen LogP contribution in [0, 0.1) is 5.82 Å². The number of hydrogen-bond donors (Lipinski definition) is 0. The largest absolute Gasteiger partial charge is 0.238 e. The van der Waals surface area contributed by atoms with E-state index < -0.39 is 11.6 Å². The molecule has 1 rings (SSSR count). The predicted molar refractivity (Wildman–Crippen MR) is 48.0 cm³/mol. The van der Waals surface area contributed by atoms with Crippen molar-refractivity contribution >= 4 is 17.7 Å². The molecule has 0 aliphatic carbocycles. The van der Waals surface area contributed by atoms with Crippen LogP contribution in [0.2, 0.25) is 5.02 Å². The molecule has 2 nitrogen and oxygen atoms in total. The Hall–Kier alpha value is -1.25. The molecule has 0 aliphatic heterocycles. The smallest absolute Gasteiger partial charge is 0.212 e. The van der Waals surface area contributed by atoms with E-state index in [0.29, 0.717) is 0 Å². The molecule has 0 aromatic heterocycles. The van der Waals surface area contributed by atoms with Gasteiger partial charge in [0.2, 0.25) is 11.9 Å². The third-order valence-corrected chi connectivity index (χ3v) is 1.99. The first-order chi connectivity index (χ1) is 6.47. The van der Waals surface area contributed by atoms with E-state index in [0.717, 1.165) is 25.1 Å². The van der Waals surface area contributed by atoms with Crippen LogP contribution in [0.15, 0.2) is 23.2 Å².